The molecule has 0 amide bonds. The molecule has 0 aliphatic rings. The normalized spacial score (nSPS) is 10.2. The van der Waals surface area contributed by atoms with Gasteiger partial charge in [0.05, 0.1) is 5.56 Å². The summed E-state index contributed by atoms with van der Waals surface area (Å²) in [7, 11) is 0. The quantitative estimate of drug-likeness (QED) is 0.497. The molecule has 0 spiro atoms. The fraction of sp³-hybridized carbons (Fsp3) is 0.100. The van der Waals surface area contributed by atoms with E-state index >= 15 is 0 Å². The van der Waals surface area contributed by atoms with Gasteiger partial charge in [-0.3, -0.25) is 0 Å². The SMILES string of the molecule is [N-]=[N+]=NCC=Cc1cc(F)c(F)cc1C(=O)O. The molecular weight excluding hydrogens is 232 g/mol. The van der Waals surface area contributed by atoms with Crippen molar-refractivity contribution in [2.75, 3.05) is 6.54 Å². The minimum atomic E-state index is -1.37. The Bertz CT molecular complexity index is 523. The molecule has 1 aromatic rings. The molecule has 0 unspecified atom stereocenters. The van der Waals surface area contributed by atoms with Gasteiger partial charge in [-0.2, -0.15) is 0 Å². The molecule has 0 aliphatic carbocycles. The lowest BCUT2D eigenvalue weighted by Crippen LogP contribution is -2.02. The number of aromatic carboxylic acids is 1. The van der Waals surface area contributed by atoms with E-state index < -0.39 is 17.6 Å². The van der Waals surface area contributed by atoms with Gasteiger partial charge in [-0.15, -0.1) is 0 Å². The summed E-state index contributed by atoms with van der Waals surface area (Å²) in [6.45, 7) is -0.00540. The number of nitrogens with zero attached hydrogens (tertiary/aromatic N) is 3. The van der Waals surface area contributed by atoms with Gasteiger partial charge in [-0.25, -0.2) is 13.6 Å². The van der Waals surface area contributed by atoms with Crippen LogP contribution in [0.4, 0.5) is 8.78 Å². The van der Waals surface area contributed by atoms with Gasteiger partial charge >= 0.3 is 5.97 Å². The molecule has 0 saturated carbocycles. The van der Waals surface area contributed by atoms with Crippen LogP contribution in [0.2, 0.25) is 0 Å². The van der Waals surface area contributed by atoms with E-state index in [2.05, 4.69) is 10.0 Å². The van der Waals surface area contributed by atoms with Crippen molar-refractivity contribution in [1.82, 2.24) is 0 Å². The van der Waals surface area contributed by atoms with Crippen molar-refractivity contribution in [2.45, 2.75) is 0 Å². The van der Waals surface area contributed by atoms with E-state index in [1.54, 1.807) is 0 Å². The zero-order valence-corrected chi connectivity index (χ0v) is 8.47. The van der Waals surface area contributed by atoms with Crippen LogP contribution in [0.25, 0.3) is 16.5 Å². The smallest absolute Gasteiger partial charge is 0.336 e. The Labute approximate surface area is 94.6 Å². The number of hydrogen-bond acceptors (Lipinski definition) is 2. The minimum Gasteiger partial charge on any atom is -0.478 e. The molecule has 5 nitrogen and oxygen atoms in total. The molecule has 0 heterocycles. The first-order valence-electron chi connectivity index (χ1n) is 4.46. The highest BCUT2D eigenvalue weighted by Gasteiger charge is 2.13. The van der Waals surface area contributed by atoms with Crippen molar-refractivity contribution in [3.05, 3.63) is 51.4 Å². The van der Waals surface area contributed by atoms with Gasteiger partial charge in [0.25, 0.3) is 0 Å². The standard InChI is InChI=1S/C10H7F2N3O2/c11-8-4-6(2-1-3-14-15-13)7(10(16)17)5-9(8)12/h1-2,4-5H,3H2,(H,16,17). The van der Waals surface area contributed by atoms with E-state index in [1.165, 1.54) is 12.2 Å². The summed E-state index contributed by atoms with van der Waals surface area (Å²) in [5.41, 5.74) is 7.65. The largest absolute Gasteiger partial charge is 0.478 e. The molecule has 0 atom stereocenters. The van der Waals surface area contributed by atoms with Crippen LogP contribution in [0.1, 0.15) is 15.9 Å². The average molecular weight is 239 g/mol. The summed E-state index contributed by atoms with van der Waals surface area (Å²) in [5, 5.41) is 12.0. The van der Waals surface area contributed by atoms with Crippen LogP contribution < -0.4 is 0 Å². The Kier molecular flexibility index (Phi) is 4.19. The molecule has 1 N–H and O–H groups in total. The maximum absolute atomic E-state index is 12.9. The van der Waals surface area contributed by atoms with Crippen molar-refractivity contribution in [1.29, 1.82) is 0 Å². The number of rotatable bonds is 4. The monoisotopic (exact) mass is 239 g/mol. The number of azide groups is 1. The molecule has 7 heteroatoms. The minimum absolute atomic E-state index is 0.00420. The van der Waals surface area contributed by atoms with E-state index in [9.17, 15) is 13.6 Å². The summed E-state index contributed by atoms with van der Waals surface area (Å²) in [6, 6.07) is 1.37. The predicted molar refractivity (Wildman–Crippen MR) is 56.4 cm³/mol. The Morgan fingerprint density at radius 1 is 1.47 bits per heavy atom. The van der Waals surface area contributed by atoms with Crippen molar-refractivity contribution in [3.8, 4) is 0 Å². The lowest BCUT2D eigenvalue weighted by molar-refractivity contribution is 0.0696. The van der Waals surface area contributed by atoms with Crippen LogP contribution in [-0.2, 0) is 0 Å². The molecule has 88 valence electrons. The van der Waals surface area contributed by atoms with Crippen molar-refractivity contribution >= 4 is 12.0 Å². The fourth-order valence-electron chi connectivity index (χ4n) is 1.15. The van der Waals surface area contributed by atoms with E-state index in [-0.39, 0.29) is 17.7 Å². The van der Waals surface area contributed by atoms with Crippen LogP contribution in [-0.4, -0.2) is 17.6 Å². The van der Waals surface area contributed by atoms with Gasteiger partial charge in [-0.05, 0) is 23.2 Å². The number of hydrogen-bond donors (Lipinski definition) is 1. The van der Waals surface area contributed by atoms with Gasteiger partial charge in [-0.1, -0.05) is 17.3 Å². The Hall–Kier alpha value is -2.40. The van der Waals surface area contributed by atoms with Gasteiger partial charge < -0.3 is 5.11 Å². The zero-order chi connectivity index (χ0) is 12.8. The first-order chi connectivity index (χ1) is 8.06. The maximum Gasteiger partial charge on any atom is 0.336 e. The van der Waals surface area contributed by atoms with Crippen LogP contribution in [0.5, 0.6) is 0 Å². The Balaban J connectivity index is 3.12. The average Bonchev–Trinajstić information content (AvgIpc) is 2.28. The molecule has 0 saturated heterocycles. The number of carboxylic acid groups (broad SMARTS) is 1. The highest BCUT2D eigenvalue weighted by atomic mass is 19.2. The van der Waals surface area contributed by atoms with E-state index in [0.717, 1.165) is 6.07 Å². The molecule has 0 aromatic heterocycles. The molecule has 0 fully saturated rings. The molecular formula is C10H7F2N3O2. The number of carboxylic acids is 1. The van der Waals surface area contributed by atoms with Gasteiger partial charge in [0.1, 0.15) is 0 Å². The third-order valence-electron chi connectivity index (χ3n) is 1.87. The maximum atomic E-state index is 12.9. The predicted octanol–water partition coefficient (Wildman–Crippen LogP) is 2.99. The summed E-state index contributed by atoms with van der Waals surface area (Å²) in [6.07, 6.45) is 2.60. The highest BCUT2D eigenvalue weighted by molar-refractivity contribution is 5.92. The molecule has 0 aliphatic heterocycles. The summed E-state index contributed by atoms with van der Waals surface area (Å²) in [5.74, 6) is -3.74. The fourth-order valence-corrected chi connectivity index (χ4v) is 1.15. The Morgan fingerprint density at radius 3 is 2.71 bits per heavy atom. The topological polar surface area (TPSA) is 86.1 Å². The van der Waals surface area contributed by atoms with E-state index in [0.29, 0.717) is 6.07 Å². The first kappa shape index (κ1) is 12.7. The van der Waals surface area contributed by atoms with Crippen molar-refractivity contribution < 1.29 is 18.7 Å². The van der Waals surface area contributed by atoms with Gasteiger partial charge in [0, 0.05) is 11.5 Å². The van der Waals surface area contributed by atoms with Crippen LogP contribution in [0, 0.1) is 11.6 Å². The zero-order valence-electron chi connectivity index (χ0n) is 8.47. The van der Waals surface area contributed by atoms with Crippen molar-refractivity contribution in [2.24, 2.45) is 5.11 Å². The van der Waals surface area contributed by atoms with Crippen LogP contribution >= 0.6 is 0 Å². The number of halogens is 2. The third kappa shape index (κ3) is 3.29. The second kappa shape index (κ2) is 5.62. The number of benzene rings is 1. The second-order valence-electron chi connectivity index (χ2n) is 2.97. The number of carbonyl (C=O) groups is 1. The summed E-state index contributed by atoms with van der Waals surface area (Å²) < 4.78 is 25.7. The Morgan fingerprint density at radius 2 is 2.12 bits per heavy atom. The second-order valence-corrected chi connectivity index (χ2v) is 2.97. The lowest BCUT2D eigenvalue weighted by Gasteiger charge is -2.02. The van der Waals surface area contributed by atoms with Gasteiger partial charge in [0.15, 0.2) is 11.6 Å². The molecule has 17 heavy (non-hydrogen) atoms. The van der Waals surface area contributed by atoms with E-state index in [4.69, 9.17) is 10.6 Å². The molecule has 1 aromatic carbocycles. The van der Waals surface area contributed by atoms with Crippen LogP contribution in [0.3, 0.4) is 0 Å². The van der Waals surface area contributed by atoms with Crippen molar-refractivity contribution in [3.63, 3.8) is 0 Å². The van der Waals surface area contributed by atoms with Gasteiger partial charge in [0.2, 0.25) is 0 Å². The van der Waals surface area contributed by atoms with E-state index in [1.807, 2.05) is 0 Å². The first-order valence-corrected chi connectivity index (χ1v) is 4.46. The molecule has 1 rings (SSSR count). The third-order valence-corrected chi connectivity index (χ3v) is 1.87. The highest BCUT2D eigenvalue weighted by Crippen LogP contribution is 2.16. The molecule has 0 radical (unpaired) electrons. The van der Waals surface area contributed by atoms with Crippen LogP contribution in [0.15, 0.2) is 23.3 Å². The lowest BCUT2D eigenvalue weighted by atomic mass is 10.1. The summed E-state index contributed by atoms with van der Waals surface area (Å²) >= 11 is 0. The molecule has 0 bridgehead atoms. The summed E-state index contributed by atoms with van der Waals surface area (Å²) in [4.78, 5) is 13.2.